The van der Waals surface area contributed by atoms with Gasteiger partial charge in [0.2, 0.25) is 0 Å². The van der Waals surface area contributed by atoms with E-state index in [9.17, 15) is 0 Å². The van der Waals surface area contributed by atoms with Crippen LogP contribution < -0.4 is 0 Å². The second-order valence-corrected chi connectivity index (χ2v) is 1.53. The van der Waals surface area contributed by atoms with Gasteiger partial charge < -0.3 is 0 Å². The van der Waals surface area contributed by atoms with Gasteiger partial charge in [-0.25, -0.2) is 0 Å². The Morgan fingerprint density at radius 1 is 2.00 bits per heavy atom. The van der Waals surface area contributed by atoms with Crippen LogP contribution in [-0.4, -0.2) is 4.98 Å². The minimum Gasteiger partial charge on any atom is -0.264 e. The molecule has 1 rings (SSSR count). The Morgan fingerprint density at radius 3 is 3.62 bits per heavy atom. The second-order valence-electron chi connectivity index (χ2n) is 1.15. The van der Waals surface area contributed by atoms with Crippen molar-refractivity contribution in [3.05, 3.63) is 29.0 Å². The molecule has 8 heavy (non-hydrogen) atoms. The highest BCUT2D eigenvalue weighted by Crippen LogP contribution is 2.10. The van der Waals surface area contributed by atoms with Crippen molar-refractivity contribution in [1.82, 2.24) is 4.98 Å². The van der Waals surface area contributed by atoms with E-state index in [0.29, 0.717) is 0 Å². The molecule has 0 amide bonds. The molecule has 0 aromatic carbocycles. The molecule has 1 heterocycles. The number of rotatable bonds is 0. The molecule has 0 bridgehead atoms. The van der Waals surface area contributed by atoms with Crippen molar-refractivity contribution in [3.63, 3.8) is 0 Å². The molecule has 0 fully saturated rings. The van der Waals surface area contributed by atoms with Gasteiger partial charge in [-0.05, 0) is 18.5 Å². The van der Waals surface area contributed by atoms with Crippen molar-refractivity contribution < 1.29 is 8.22 Å². The van der Waals surface area contributed by atoms with Crippen molar-refractivity contribution >= 4 is 11.6 Å². The lowest BCUT2D eigenvalue weighted by molar-refractivity contribution is 1.27. The zero-order valence-corrected chi connectivity index (χ0v) is 4.58. The van der Waals surface area contributed by atoms with E-state index < -0.39 is 35.8 Å². The summed E-state index contributed by atoms with van der Waals surface area (Å²) in [6, 6.07) is -0.464. The first-order valence-corrected chi connectivity index (χ1v) is 2.26. The number of hydrogen-bond acceptors (Lipinski definition) is 1. The van der Waals surface area contributed by atoms with Gasteiger partial charge in [-0.1, -0.05) is 11.6 Å². The Kier molecular flexibility index (Phi) is 0.457. The summed E-state index contributed by atoms with van der Waals surface area (Å²) in [5.41, 5.74) is -0.472. The summed E-state index contributed by atoms with van der Waals surface area (Å²) < 4.78 is 42.8. The van der Waals surface area contributed by atoms with Gasteiger partial charge in [-0.3, -0.25) is 4.98 Å². The quantitative estimate of drug-likeness (QED) is 0.528. The first-order chi connectivity index (χ1) is 6.25. The van der Waals surface area contributed by atoms with Crippen LogP contribution in [0.1, 0.15) is 13.8 Å². The van der Waals surface area contributed by atoms with Crippen molar-refractivity contribution in [2.75, 3.05) is 0 Å². The Morgan fingerprint density at radius 2 is 2.88 bits per heavy atom. The first kappa shape index (κ1) is 1.71. The molecule has 0 N–H and O–H groups in total. The summed E-state index contributed by atoms with van der Waals surface area (Å²) in [5, 5.41) is -0.394. The molecule has 0 atom stereocenters. The van der Waals surface area contributed by atoms with E-state index in [4.69, 9.17) is 19.8 Å². The smallest absolute Gasteiger partial charge is 0.0843 e. The van der Waals surface area contributed by atoms with E-state index in [1.165, 1.54) is 0 Å². The van der Waals surface area contributed by atoms with Gasteiger partial charge in [0.15, 0.2) is 0 Å². The zero-order valence-electron chi connectivity index (χ0n) is 9.83. The van der Waals surface area contributed by atoms with Crippen LogP contribution in [0.25, 0.3) is 0 Å². The SMILES string of the molecule is [2H]c1nc([2H])c(C([2H])([2H])[2H])c(Cl)c1[2H]. The molecule has 0 aliphatic heterocycles. The number of pyridine rings is 1. The molecule has 1 nitrogen and oxygen atoms in total. The van der Waals surface area contributed by atoms with E-state index >= 15 is 0 Å². The van der Waals surface area contributed by atoms with Gasteiger partial charge in [-0.15, -0.1) is 0 Å². The summed E-state index contributed by atoms with van der Waals surface area (Å²) in [7, 11) is 0. The fourth-order valence-corrected chi connectivity index (χ4v) is 0.357. The fraction of sp³-hybridized carbons (Fsp3) is 0.167. The van der Waals surface area contributed by atoms with Crippen molar-refractivity contribution in [1.29, 1.82) is 0 Å². The summed E-state index contributed by atoms with van der Waals surface area (Å²) in [6.45, 7) is -2.58. The highest BCUT2D eigenvalue weighted by molar-refractivity contribution is 6.31. The lowest BCUT2D eigenvalue weighted by Crippen LogP contribution is -1.74. The zero-order chi connectivity index (χ0) is 11.1. The summed E-state index contributed by atoms with van der Waals surface area (Å²) in [6.07, 6.45) is -1.07. The second kappa shape index (κ2) is 2.14. The Labute approximate surface area is 61.7 Å². The Hall–Kier alpha value is -0.560. The fourth-order valence-electron chi connectivity index (χ4n) is 0.272. The number of halogens is 1. The number of nitrogens with zero attached hydrogens (tertiary/aromatic N) is 1. The molecule has 0 radical (unpaired) electrons. The van der Waals surface area contributed by atoms with Crippen LogP contribution in [-0.2, 0) is 0 Å². The van der Waals surface area contributed by atoms with Gasteiger partial charge in [-0.2, -0.15) is 0 Å². The molecular formula is C6H6ClN. The van der Waals surface area contributed by atoms with Crippen LogP contribution >= 0.6 is 11.6 Å². The number of aromatic nitrogens is 1. The maximum absolute atomic E-state index is 7.25. The van der Waals surface area contributed by atoms with Crippen LogP contribution in [0.2, 0.25) is 5.02 Å². The molecular weight excluding hydrogens is 122 g/mol. The van der Waals surface area contributed by atoms with Crippen LogP contribution in [0, 0.1) is 6.85 Å². The maximum Gasteiger partial charge on any atom is 0.0843 e. The molecule has 0 unspecified atom stereocenters. The molecule has 42 valence electrons. The minimum absolute atomic E-state index is 0.394. The van der Waals surface area contributed by atoms with Crippen LogP contribution in [0.5, 0.6) is 0 Å². The van der Waals surface area contributed by atoms with Crippen LogP contribution in [0.3, 0.4) is 0 Å². The van der Waals surface area contributed by atoms with E-state index in [2.05, 4.69) is 4.98 Å². The molecule has 0 aliphatic carbocycles. The highest BCUT2D eigenvalue weighted by Gasteiger charge is 1.87. The first-order valence-electron chi connectivity index (χ1n) is 4.89. The third kappa shape index (κ3) is 0.984. The van der Waals surface area contributed by atoms with Gasteiger partial charge in [0.05, 0.1) is 4.11 Å². The predicted octanol–water partition coefficient (Wildman–Crippen LogP) is 2.04. The van der Waals surface area contributed by atoms with Crippen molar-refractivity contribution in [2.45, 2.75) is 6.85 Å². The summed E-state index contributed by atoms with van der Waals surface area (Å²) in [5.74, 6) is 0. The van der Waals surface area contributed by atoms with E-state index in [0.717, 1.165) is 0 Å². The molecule has 1 aromatic heterocycles. The summed E-state index contributed by atoms with van der Waals surface area (Å²) in [4.78, 5) is 3.30. The Balaban J connectivity index is 3.53. The van der Waals surface area contributed by atoms with Gasteiger partial charge in [0.25, 0.3) is 0 Å². The normalized spacial score (nSPS) is 21.6. The largest absolute Gasteiger partial charge is 0.264 e. The van der Waals surface area contributed by atoms with Gasteiger partial charge >= 0.3 is 0 Å². The van der Waals surface area contributed by atoms with E-state index in [1.54, 1.807) is 0 Å². The lowest BCUT2D eigenvalue weighted by atomic mass is 10.3. The maximum atomic E-state index is 7.25. The van der Waals surface area contributed by atoms with Crippen molar-refractivity contribution in [2.24, 2.45) is 0 Å². The molecule has 0 saturated carbocycles. The van der Waals surface area contributed by atoms with E-state index in [-0.39, 0.29) is 0 Å². The predicted molar refractivity (Wildman–Crippen MR) is 34.0 cm³/mol. The number of hydrogen-bond donors (Lipinski definition) is 0. The molecule has 1 aromatic rings. The molecule has 0 saturated heterocycles. The third-order valence-corrected chi connectivity index (χ3v) is 0.892. The monoisotopic (exact) mass is 133 g/mol. The van der Waals surface area contributed by atoms with Crippen molar-refractivity contribution in [3.8, 4) is 0 Å². The molecule has 2 heteroatoms. The van der Waals surface area contributed by atoms with Crippen LogP contribution in [0.15, 0.2) is 18.4 Å². The van der Waals surface area contributed by atoms with Gasteiger partial charge in [0.1, 0.15) is 0 Å². The van der Waals surface area contributed by atoms with Gasteiger partial charge in [0, 0.05) is 21.5 Å². The third-order valence-electron chi connectivity index (χ3n) is 0.609. The minimum atomic E-state index is -2.58. The molecule has 0 spiro atoms. The van der Waals surface area contributed by atoms with E-state index in [1.807, 2.05) is 0 Å². The lowest BCUT2D eigenvalue weighted by Gasteiger charge is -1.90. The Bertz CT molecular complexity index is 374. The topological polar surface area (TPSA) is 12.9 Å². The van der Waals surface area contributed by atoms with Crippen LogP contribution in [0.4, 0.5) is 0 Å². The average molecular weight is 134 g/mol. The highest BCUT2D eigenvalue weighted by atomic mass is 35.5. The summed E-state index contributed by atoms with van der Waals surface area (Å²) >= 11 is 5.56. The molecule has 0 aliphatic rings. The standard InChI is InChI=1S/C6H6ClN/c1-5-4-8-3-2-6(5)7/h2-4H,1H3/i1D3,2D,3D,4D. The average Bonchev–Trinajstić information content (AvgIpc) is 1.97.